The Bertz CT molecular complexity index is 380. The van der Waals surface area contributed by atoms with Gasteiger partial charge in [0.25, 0.3) is 0 Å². The summed E-state index contributed by atoms with van der Waals surface area (Å²) in [6.07, 6.45) is 5.82. The van der Waals surface area contributed by atoms with Gasteiger partial charge in [-0.25, -0.2) is 0 Å². The molecule has 2 bridgehead atoms. The fourth-order valence-corrected chi connectivity index (χ4v) is 3.05. The minimum absolute atomic E-state index is 0.0342. The molecule has 106 valence electrons. The van der Waals surface area contributed by atoms with Crippen LogP contribution in [0.15, 0.2) is 12.2 Å². The first-order chi connectivity index (χ1) is 9.10. The number of allylic oxidation sites excluding steroid dienone is 2. The number of carbonyl (C=O) groups excluding carboxylic acids is 1. The number of amides is 1. The normalized spacial score (nSPS) is 29.4. The zero-order valence-electron chi connectivity index (χ0n) is 11.2. The highest BCUT2D eigenvalue weighted by Crippen LogP contribution is 2.43. The van der Waals surface area contributed by atoms with Crippen LogP contribution in [0.3, 0.4) is 0 Å². The molecule has 5 nitrogen and oxygen atoms in total. The predicted molar refractivity (Wildman–Crippen MR) is 69.5 cm³/mol. The molecule has 0 aromatic rings. The average Bonchev–Trinajstić information content (AvgIpc) is 2.97. The lowest BCUT2D eigenvalue weighted by Crippen LogP contribution is -2.39. The van der Waals surface area contributed by atoms with Crippen molar-refractivity contribution in [1.82, 2.24) is 5.32 Å². The number of ether oxygens (including phenoxy) is 1. The molecule has 2 aliphatic rings. The summed E-state index contributed by atoms with van der Waals surface area (Å²) in [6.45, 7) is 2.54. The maximum Gasteiger partial charge on any atom is 0.306 e. The molecule has 1 fully saturated rings. The zero-order valence-corrected chi connectivity index (χ0v) is 11.2. The quantitative estimate of drug-likeness (QED) is 0.679. The number of rotatable bonds is 7. The van der Waals surface area contributed by atoms with Gasteiger partial charge in [-0.2, -0.15) is 0 Å². The number of carboxylic acids is 1. The van der Waals surface area contributed by atoms with Crippen molar-refractivity contribution in [1.29, 1.82) is 0 Å². The molecule has 0 aromatic carbocycles. The van der Waals surface area contributed by atoms with Crippen molar-refractivity contribution < 1.29 is 19.4 Å². The molecule has 2 rings (SSSR count). The highest BCUT2D eigenvalue weighted by atomic mass is 16.5. The van der Waals surface area contributed by atoms with E-state index in [1.165, 1.54) is 0 Å². The first-order valence-electron chi connectivity index (χ1n) is 6.89. The van der Waals surface area contributed by atoms with Crippen molar-refractivity contribution in [2.45, 2.75) is 32.3 Å². The first-order valence-corrected chi connectivity index (χ1v) is 6.89. The monoisotopic (exact) mass is 267 g/mol. The number of hydrogen-bond donors (Lipinski definition) is 2. The molecule has 0 aliphatic heterocycles. The highest BCUT2D eigenvalue weighted by molar-refractivity contribution is 5.80. The van der Waals surface area contributed by atoms with Gasteiger partial charge >= 0.3 is 5.97 Å². The SMILES string of the molecule is CCOC(CNC(=O)C1CC2C=CC1C2)CC(=O)O. The minimum Gasteiger partial charge on any atom is -0.481 e. The van der Waals surface area contributed by atoms with Gasteiger partial charge < -0.3 is 15.2 Å². The third kappa shape index (κ3) is 3.56. The van der Waals surface area contributed by atoms with Crippen LogP contribution in [-0.4, -0.2) is 36.2 Å². The Morgan fingerprint density at radius 3 is 2.74 bits per heavy atom. The Labute approximate surface area is 113 Å². The van der Waals surface area contributed by atoms with Gasteiger partial charge in [-0.1, -0.05) is 12.2 Å². The Balaban J connectivity index is 1.78. The molecule has 4 unspecified atom stereocenters. The average molecular weight is 267 g/mol. The predicted octanol–water partition coefficient (Wildman–Crippen LogP) is 1.19. The molecule has 1 amide bonds. The van der Waals surface area contributed by atoms with Gasteiger partial charge in [0.15, 0.2) is 0 Å². The molecule has 0 aromatic heterocycles. The maximum absolute atomic E-state index is 12.1. The fraction of sp³-hybridized carbons (Fsp3) is 0.714. The van der Waals surface area contributed by atoms with Gasteiger partial charge in [-0.05, 0) is 31.6 Å². The molecular weight excluding hydrogens is 246 g/mol. The summed E-state index contributed by atoms with van der Waals surface area (Å²) in [4.78, 5) is 22.8. The second-order valence-electron chi connectivity index (χ2n) is 5.31. The van der Waals surface area contributed by atoms with Gasteiger partial charge in [0.2, 0.25) is 5.91 Å². The third-order valence-corrected chi connectivity index (χ3v) is 3.92. The summed E-state index contributed by atoms with van der Waals surface area (Å²) in [5.74, 6) is 0.113. The van der Waals surface area contributed by atoms with Crippen LogP contribution < -0.4 is 5.32 Å². The molecule has 5 heteroatoms. The van der Waals surface area contributed by atoms with Crippen LogP contribution in [0.1, 0.15) is 26.2 Å². The fourth-order valence-electron chi connectivity index (χ4n) is 3.05. The summed E-state index contributed by atoms with van der Waals surface area (Å²) in [6, 6.07) is 0. The van der Waals surface area contributed by atoms with Crippen molar-refractivity contribution in [3.05, 3.63) is 12.2 Å². The lowest BCUT2D eigenvalue weighted by molar-refractivity contribution is -0.140. The standard InChI is InChI=1S/C14H21NO4/c1-2-19-11(7-13(16)17)8-15-14(18)12-6-9-3-4-10(12)5-9/h3-4,9-12H,2,5-8H2,1H3,(H,15,18)(H,16,17). The van der Waals surface area contributed by atoms with E-state index in [4.69, 9.17) is 9.84 Å². The Hall–Kier alpha value is -1.36. The molecular formula is C14H21NO4. The summed E-state index contributed by atoms with van der Waals surface area (Å²) in [5.41, 5.74) is 0. The van der Waals surface area contributed by atoms with Crippen LogP contribution in [-0.2, 0) is 14.3 Å². The van der Waals surface area contributed by atoms with E-state index in [2.05, 4.69) is 17.5 Å². The number of carbonyl (C=O) groups is 2. The molecule has 0 radical (unpaired) electrons. The Kier molecular flexibility index (Phi) is 4.58. The topological polar surface area (TPSA) is 75.6 Å². The van der Waals surface area contributed by atoms with Crippen molar-refractivity contribution in [3.63, 3.8) is 0 Å². The number of nitrogens with one attached hydrogen (secondary N) is 1. The van der Waals surface area contributed by atoms with E-state index >= 15 is 0 Å². The molecule has 4 atom stereocenters. The lowest BCUT2D eigenvalue weighted by Gasteiger charge is -2.20. The molecule has 0 spiro atoms. The largest absolute Gasteiger partial charge is 0.481 e. The number of hydrogen-bond acceptors (Lipinski definition) is 3. The Morgan fingerprint density at radius 2 is 2.21 bits per heavy atom. The van der Waals surface area contributed by atoms with E-state index in [1.54, 1.807) is 0 Å². The molecule has 2 aliphatic carbocycles. The second-order valence-corrected chi connectivity index (χ2v) is 5.31. The first kappa shape index (κ1) is 14.1. The number of carboxylic acid groups (broad SMARTS) is 1. The van der Waals surface area contributed by atoms with Crippen LogP contribution in [0.4, 0.5) is 0 Å². The van der Waals surface area contributed by atoms with Crippen LogP contribution >= 0.6 is 0 Å². The summed E-state index contributed by atoms with van der Waals surface area (Å²) < 4.78 is 5.32. The van der Waals surface area contributed by atoms with Crippen molar-refractivity contribution in [2.24, 2.45) is 17.8 Å². The lowest BCUT2D eigenvalue weighted by atomic mass is 9.93. The molecule has 1 saturated carbocycles. The van der Waals surface area contributed by atoms with Gasteiger partial charge in [-0.15, -0.1) is 0 Å². The van der Waals surface area contributed by atoms with Crippen LogP contribution in [0.2, 0.25) is 0 Å². The van der Waals surface area contributed by atoms with E-state index in [0.717, 1.165) is 12.8 Å². The number of aliphatic carboxylic acids is 1. The Morgan fingerprint density at radius 1 is 1.42 bits per heavy atom. The summed E-state index contributed by atoms with van der Waals surface area (Å²) in [5, 5.41) is 11.6. The van der Waals surface area contributed by atoms with E-state index < -0.39 is 12.1 Å². The summed E-state index contributed by atoms with van der Waals surface area (Å²) in [7, 11) is 0. The molecule has 0 heterocycles. The van der Waals surface area contributed by atoms with Gasteiger partial charge in [0.05, 0.1) is 12.5 Å². The maximum atomic E-state index is 12.1. The van der Waals surface area contributed by atoms with Gasteiger partial charge in [0.1, 0.15) is 0 Å². The van der Waals surface area contributed by atoms with Crippen molar-refractivity contribution in [2.75, 3.05) is 13.2 Å². The van der Waals surface area contributed by atoms with Gasteiger partial charge in [0, 0.05) is 19.1 Å². The van der Waals surface area contributed by atoms with Gasteiger partial charge in [-0.3, -0.25) is 9.59 Å². The van der Waals surface area contributed by atoms with Crippen LogP contribution in [0, 0.1) is 17.8 Å². The molecule has 0 saturated heterocycles. The van der Waals surface area contributed by atoms with E-state index in [-0.39, 0.29) is 24.8 Å². The molecule has 2 N–H and O–H groups in total. The smallest absolute Gasteiger partial charge is 0.306 e. The summed E-state index contributed by atoms with van der Waals surface area (Å²) >= 11 is 0. The molecule has 19 heavy (non-hydrogen) atoms. The zero-order chi connectivity index (χ0) is 13.8. The highest BCUT2D eigenvalue weighted by Gasteiger charge is 2.39. The number of fused-ring (bicyclic) bond motifs is 2. The van der Waals surface area contributed by atoms with Crippen molar-refractivity contribution >= 4 is 11.9 Å². The van der Waals surface area contributed by atoms with E-state index in [0.29, 0.717) is 18.4 Å². The van der Waals surface area contributed by atoms with Crippen LogP contribution in [0.25, 0.3) is 0 Å². The van der Waals surface area contributed by atoms with E-state index in [9.17, 15) is 9.59 Å². The van der Waals surface area contributed by atoms with E-state index in [1.807, 2.05) is 6.92 Å². The van der Waals surface area contributed by atoms with Crippen molar-refractivity contribution in [3.8, 4) is 0 Å². The second kappa shape index (κ2) is 6.19. The van der Waals surface area contributed by atoms with Crippen LogP contribution in [0.5, 0.6) is 0 Å². The third-order valence-electron chi connectivity index (χ3n) is 3.92. The minimum atomic E-state index is -0.907.